The minimum Gasteiger partial charge on any atom is -0.465 e. The summed E-state index contributed by atoms with van der Waals surface area (Å²) in [5.74, 6) is -0.457. The highest BCUT2D eigenvalue weighted by Gasteiger charge is 2.34. The summed E-state index contributed by atoms with van der Waals surface area (Å²) in [6.45, 7) is 7.48. The van der Waals surface area contributed by atoms with Gasteiger partial charge < -0.3 is 15.7 Å². The van der Waals surface area contributed by atoms with Crippen LogP contribution in [0, 0.1) is 12.3 Å². The van der Waals surface area contributed by atoms with Crippen LogP contribution in [0.4, 0.5) is 10.5 Å². The van der Waals surface area contributed by atoms with Crippen molar-refractivity contribution in [2.75, 3.05) is 5.32 Å². The number of amides is 2. The number of benzene rings is 2. The lowest BCUT2D eigenvalue weighted by atomic mass is 9.80. The Balaban J connectivity index is 1.98. The number of fused-ring (bicyclic) bond motifs is 1. The van der Waals surface area contributed by atoms with Gasteiger partial charge in [-0.15, -0.1) is 5.10 Å². The zero-order chi connectivity index (χ0) is 26.2. The number of aryl methyl sites for hydroxylation is 1. The van der Waals surface area contributed by atoms with Crippen molar-refractivity contribution in [2.45, 2.75) is 33.7 Å². The average molecular weight is 527 g/mol. The largest absolute Gasteiger partial charge is 0.465 e. The third kappa shape index (κ3) is 5.12. The molecule has 2 aromatic heterocycles. The summed E-state index contributed by atoms with van der Waals surface area (Å²) < 4.78 is 1.42. The quantitative estimate of drug-likeness (QED) is 0.292. The van der Waals surface area contributed by atoms with Crippen molar-refractivity contribution in [1.82, 2.24) is 24.9 Å². The van der Waals surface area contributed by atoms with Gasteiger partial charge in [-0.2, -0.15) is 9.50 Å². The molecule has 4 rings (SSSR count). The summed E-state index contributed by atoms with van der Waals surface area (Å²) >= 11 is 12.8. The van der Waals surface area contributed by atoms with E-state index in [1.807, 2.05) is 26.8 Å². The molecule has 2 heterocycles. The molecule has 1 unspecified atom stereocenters. The first-order chi connectivity index (χ1) is 17.0. The van der Waals surface area contributed by atoms with E-state index in [0.29, 0.717) is 38.2 Å². The van der Waals surface area contributed by atoms with E-state index in [4.69, 9.17) is 23.2 Å². The van der Waals surface area contributed by atoms with E-state index in [2.05, 4.69) is 25.7 Å². The summed E-state index contributed by atoms with van der Waals surface area (Å²) in [5, 5.41) is 20.2. The van der Waals surface area contributed by atoms with Crippen molar-refractivity contribution >= 4 is 46.7 Å². The van der Waals surface area contributed by atoms with Crippen molar-refractivity contribution in [3.8, 4) is 11.3 Å². The monoisotopic (exact) mass is 526 g/mol. The maximum absolute atomic E-state index is 12.9. The molecule has 1 atom stereocenters. The first-order valence-electron chi connectivity index (χ1n) is 11.0. The lowest BCUT2D eigenvalue weighted by molar-refractivity contribution is 0.101. The fourth-order valence-electron chi connectivity index (χ4n) is 3.96. The summed E-state index contributed by atoms with van der Waals surface area (Å²) in [6.07, 6.45) is -1.19. The second kappa shape index (κ2) is 9.75. The van der Waals surface area contributed by atoms with Crippen molar-refractivity contribution in [3.05, 3.63) is 75.7 Å². The van der Waals surface area contributed by atoms with Crippen molar-refractivity contribution in [1.29, 1.82) is 0 Å². The summed E-state index contributed by atoms with van der Waals surface area (Å²) in [7, 11) is 0. The number of nitrogens with zero attached hydrogens (tertiary/aromatic N) is 4. The molecule has 36 heavy (non-hydrogen) atoms. The molecule has 186 valence electrons. The fraction of sp³-hybridized carbons (Fsp3) is 0.240. The molecule has 0 aliphatic carbocycles. The maximum atomic E-state index is 12.9. The number of carboxylic acid groups (broad SMARTS) is 1. The van der Waals surface area contributed by atoms with Crippen molar-refractivity contribution in [3.63, 3.8) is 0 Å². The van der Waals surface area contributed by atoms with Crippen LogP contribution in [0.1, 0.15) is 48.7 Å². The van der Waals surface area contributed by atoms with Crippen LogP contribution in [0.25, 0.3) is 17.0 Å². The van der Waals surface area contributed by atoms with Crippen LogP contribution >= 0.6 is 23.2 Å². The molecule has 0 saturated heterocycles. The third-order valence-electron chi connectivity index (χ3n) is 5.56. The first kappa shape index (κ1) is 25.4. The third-order valence-corrected chi connectivity index (χ3v) is 6.11. The van der Waals surface area contributed by atoms with Crippen LogP contribution in [0.15, 0.2) is 48.5 Å². The van der Waals surface area contributed by atoms with Gasteiger partial charge in [0, 0.05) is 27.5 Å². The Morgan fingerprint density at radius 3 is 2.36 bits per heavy atom. The molecule has 3 N–H and O–H groups in total. The minimum atomic E-state index is -1.19. The highest BCUT2D eigenvalue weighted by molar-refractivity contribution is 6.36. The Labute approximate surface area is 217 Å². The second-order valence-corrected chi connectivity index (χ2v) is 10.1. The summed E-state index contributed by atoms with van der Waals surface area (Å²) in [5.41, 5.74) is 2.10. The van der Waals surface area contributed by atoms with E-state index >= 15 is 0 Å². The van der Waals surface area contributed by atoms with Gasteiger partial charge in [-0.1, -0.05) is 62.2 Å². The molecule has 11 heteroatoms. The number of aromatic nitrogens is 4. The van der Waals surface area contributed by atoms with Gasteiger partial charge in [0.05, 0.1) is 16.8 Å². The van der Waals surface area contributed by atoms with Gasteiger partial charge in [0.2, 0.25) is 5.82 Å². The Kier molecular flexibility index (Phi) is 6.88. The van der Waals surface area contributed by atoms with Crippen molar-refractivity contribution < 1.29 is 14.7 Å². The SMILES string of the molecule is Cc1nc2nc(C(=O)Nc3ccccc3)nn2c(-c2ccc(Cl)cc2Cl)c1C(NC(=O)O)C(C)(C)C. The zero-order valence-electron chi connectivity index (χ0n) is 20.0. The smallest absolute Gasteiger partial charge is 0.405 e. The van der Waals surface area contributed by atoms with Gasteiger partial charge in [0.15, 0.2) is 0 Å². The topological polar surface area (TPSA) is 122 Å². The number of hydrogen-bond donors (Lipinski definition) is 3. The predicted octanol–water partition coefficient (Wildman–Crippen LogP) is 6.01. The second-order valence-electron chi connectivity index (χ2n) is 9.30. The average Bonchev–Trinajstić information content (AvgIpc) is 3.21. The molecular weight excluding hydrogens is 503 g/mol. The van der Waals surface area contributed by atoms with E-state index in [9.17, 15) is 14.7 Å². The Hall–Kier alpha value is -3.69. The molecule has 9 nitrogen and oxygen atoms in total. The number of carbonyl (C=O) groups is 2. The minimum absolute atomic E-state index is 0.104. The molecule has 2 amide bonds. The normalized spacial score (nSPS) is 12.4. The van der Waals surface area contributed by atoms with Gasteiger partial charge in [0.25, 0.3) is 11.7 Å². The fourth-order valence-corrected chi connectivity index (χ4v) is 4.46. The van der Waals surface area contributed by atoms with E-state index in [-0.39, 0.29) is 11.6 Å². The van der Waals surface area contributed by atoms with Crippen LogP contribution in [0.2, 0.25) is 10.0 Å². The molecule has 2 aromatic carbocycles. The molecule has 0 saturated carbocycles. The van der Waals surface area contributed by atoms with Crippen LogP contribution in [-0.4, -0.2) is 36.7 Å². The lowest BCUT2D eigenvalue weighted by Crippen LogP contribution is -2.37. The van der Waals surface area contributed by atoms with Crippen LogP contribution in [-0.2, 0) is 0 Å². The number of carbonyl (C=O) groups excluding carboxylic acids is 1. The number of hydrogen-bond acceptors (Lipinski definition) is 5. The molecule has 0 aliphatic heterocycles. The van der Waals surface area contributed by atoms with Gasteiger partial charge in [-0.25, -0.2) is 9.78 Å². The molecular formula is C25H24Cl2N6O3. The maximum Gasteiger partial charge on any atom is 0.405 e. The molecule has 0 bridgehead atoms. The number of halogens is 2. The van der Waals surface area contributed by atoms with E-state index in [0.717, 1.165) is 0 Å². The van der Waals surface area contributed by atoms with Gasteiger partial charge in [-0.3, -0.25) is 4.79 Å². The first-order valence-corrected chi connectivity index (χ1v) is 11.8. The van der Waals surface area contributed by atoms with Crippen molar-refractivity contribution in [2.24, 2.45) is 5.41 Å². The molecule has 0 spiro atoms. The van der Waals surface area contributed by atoms with Crippen LogP contribution < -0.4 is 10.6 Å². The standard InChI is InChI=1S/C25H24Cl2N6O3/c1-13-18(20(25(2,3)4)30-24(35)36)19(16-11-10-14(26)12-17(16)27)33-23(28-13)31-21(32-33)22(34)29-15-8-6-5-7-9-15/h5-12,20,30H,1-4H3,(H,29,34)(H,35,36). The van der Waals surface area contributed by atoms with E-state index in [1.165, 1.54) is 4.52 Å². The van der Waals surface area contributed by atoms with E-state index in [1.54, 1.807) is 49.4 Å². The summed E-state index contributed by atoms with van der Waals surface area (Å²) in [4.78, 5) is 33.6. The van der Waals surface area contributed by atoms with Crippen LogP contribution in [0.3, 0.4) is 0 Å². The Bertz CT molecular complexity index is 1460. The zero-order valence-corrected chi connectivity index (χ0v) is 21.5. The Morgan fingerprint density at radius 2 is 1.75 bits per heavy atom. The van der Waals surface area contributed by atoms with Gasteiger partial charge >= 0.3 is 6.09 Å². The number of rotatable bonds is 5. The van der Waals surface area contributed by atoms with Gasteiger partial charge in [-0.05, 0) is 42.7 Å². The predicted molar refractivity (Wildman–Crippen MR) is 139 cm³/mol. The number of para-hydroxylation sites is 1. The summed E-state index contributed by atoms with van der Waals surface area (Å²) in [6, 6.07) is 13.2. The molecule has 0 fully saturated rings. The molecule has 0 aliphatic rings. The number of anilines is 1. The number of nitrogens with one attached hydrogen (secondary N) is 2. The van der Waals surface area contributed by atoms with Crippen LogP contribution in [0.5, 0.6) is 0 Å². The van der Waals surface area contributed by atoms with E-state index < -0.39 is 23.5 Å². The highest BCUT2D eigenvalue weighted by atomic mass is 35.5. The molecule has 4 aromatic rings. The lowest BCUT2D eigenvalue weighted by Gasteiger charge is -2.33. The highest BCUT2D eigenvalue weighted by Crippen LogP contribution is 2.41. The molecule has 0 radical (unpaired) electrons. The Morgan fingerprint density at radius 1 is 1.06 bits per heavy atom. The van der Waals surface area contributed by atoms with Gasteiger partial charge in [0.1, 0.15) is 0 Å².